The second-order valence-electron chi connectivity index (χ2n) is 7.44. The van der Waals surface area contributed by atoms with Gasteiger partial charge >= 0.3 is 0 Å². The van der Waals surface area contributed by atoms with Crippen molar-refractivity contribution in [2.24, 2.45) is 0 Å². The molecule has 0 unspecified atom stereocenters. The molecule has 0 saturated heterocycles. The predicted octanol–water partition coefficient (Wildman–Crippen LogP) is 6.38. The van der Waals surface area contributed by atoms with Crippen molar-refractivity contribution in [2.75, 3.05) is 17.2 Å². The molecule has 0 aliphatic carbocycles. The van der Waals surface area contributed by atoms with Crippen molar-refractivity contribution in [1.29, 1.82) is 0 Å². The number of anilines is 2. The third-order valence-electron chi connectivity index (χ3n) is 5.19. The number of hydrogen-bond acceptors (Lipinski definition) is 5. The summed E-state index contributed by atoms with van der Waals surface area (Å²) in [7, 11) is 0. The number of nitrogens with zero attached hydrogens (tertiary/aromatic N) is 2. The molecule has 0 aliphatic heterocycles. The van der Waals surface area contributed by atoms with E-state index in [-0.39, 0.29) is 5.91 Å². The number of carbonyl (C=O) groups excluding carboxylic acids is 1. The molecule has 0 fully saturated rings. The minimum Gasteiger partial charge on any atom is -0.369 e. The smallest absolute Gasteiger partial charge is 0.226 e. The van der Waals surface area contributed by atoms with Crippen molar-refractivity contribution >= 4 is 50.6 Å². The highest BCUT2D eigenvalue weighted by Gasteiger charge is 2.17. The number of hydrogen-bond donors (Lipinski definition) is 2. The average molecular weight is 451 g/mol. The molecule has 0 saturated carbocycles. The second-order valence-corrected chi connectivity index (χ2v) is 9.05. The molecule has 158 valence electrons. The Kier molecular flexibility index (Phi) is 6.20. The molecule has 0 bridgehead atoms. The Labute approximate surface area is 190 Å². The third kappa shape index (κ3) is 4.55. The molecule has 0 atom stereocenters. The molecule has 4 aromatic rings. The van der Waals surface area contributed by atoms with Crippen LogP contribution in [-0.2, 0) is 4.79 Å². The predicted molar refractivity (Wildman–Crippen MR) is 130 cm³/mol. The summed E-state index contributed by atoms with van der Waals surface area (Å²) in [6.45, 7) is 6.53. The van der Waals surface area contributed by atoms with Crippen LogP contribution < -0.4 is 10.6 Å². The Balaban J connectivity index is 1.52. The van der Waals surface area contributed by atoms with Crippen LogP contribution in [0.1, 0.15) is 22.4 Å². The van der Waals surface area contributed by atoms with E-state index in [1.807, 2.05) is 25.1 Å². The molecule has 2 aromatic heterocycles. The third-order valence-corrected chi connectivity index (χ3v) is 6.61. The lowest BCUT2D eigenvalue weighted by Crippen LogP contribution is -2.17. The maximum atomic E-state index is 12.4. The van der Waals surface area contributed by atoms with Crippen molar-refractivity contribution in [3.63, 3.8) is 0 Å². The molecule has 1 amide bonds. The topological polar surface area (TPSA) is 66.9 Å². The first kappa shape index (κ1) is 21.3. The SMILES string of the molecule is Cc1ccc(-c2c(C)sc3ncnc(NCCC(=O)Nc4cccc(Cl)c4C)c23)cc1. The van der Waals surface area contributed by atoms with Gasteiger partial charge in [0.25, 0.3) is 0 Å². The molecule has 0 aliphatic rings. The molecule has 2 heterocycles. The van der Waals surface area contributed by atoms with Crippen LogP contribution in [-0.4, -0.2) is 22.4 Å². The van der Waals surface area contributed by atoms with Gasteiger partial charge in [-0.15, -0.1) is 11.3 Å². The van der Waals surface area contributed by atoms with E-state index in [1.165, 1.54) is 10.4 Å². The second kappa shape index (κ2) is 9.04. The van der Waals surface area contributed by atoms with Gasteiger partial charge in [0, 0.05) is 34.1 Å². The highest BCUT2D eigenvalue weighted by Crippen LogP contribution is 2.40. The van der Waals surface area contributed by atoms with Gasteiger partial charge in [0.1, 0.15) is 17.0 Å². The molecule has 31 heavy (non-hydrogen) atoms. The highest BCUT2D eigenvalue weighted by atomic mass is 35.5. The van der Waals surface area contributed by atoms with Gasteiger partial charge in [-0.1, -0.05) is 47.5 Å². The maximum absolute atomic E-state index is 12.4. The number of carbonyl (C=O) groups is 1. The Morgan fingerprint density at radius 3 is 2.61 bits per heavy atom. The first-order valence-electron chi connectivity index (χ1n) is 10.0. The van der Waals surface area contributed by atoms with Crippen LogP contribution in [0.2, 0.25) is 5.02 Å². The van der Waals surface area contributed by atoms with Crippen LogP contribution in [0.5, 0.6) is 0 Å². The van der Waals surface area contributed by atoms with Crippen molar-refractivity contribution in [3.8, 4) is 11.1 Å². The lowest BCUT2D eigenvalue weighted by atomic mass is 10.0. The Hall–Kier alpha value is -2.96. The van der Waals surface area contributed by atoms with Crippen LogP contribution >= 0.6 is 22.9 Å². The number of aryl methyl sites for hydroxylation is 2. The molecule has 2 N–H and O–H groups in total. The summed E-state index contributed by atoms with van der Waals surface area (Å²) in [5.74, 6) is 0.667. The first-order valence-corrected chi connectivity index (χ1v) is 11.2. The van der Waals surface area contributed by atoms with Crippen LogP contribution in [0, 0.1) is 20.8 Å². The van der Waals surface area contributed by atoms with E-state index in [0.717, 1.165) is 38.4 Å². The van der Waals surface area contributed by atoms with Crippen molar-refractivity contribution < 1.29 is 4.79 Å². The summed E-state index contributed by atoms with van der Waals surface area (Å²) in [5.41, 5.74) is 5.09. The fraction of sp³-hybridized carbons (Fsp3) is 0.208. The zero-order valence-electron chi connectivity index (χ0n) is 17.6. The van der Waals surface area contributed by atoms with Gasteiger partial charge in [-0.05, 0) is 44.0 Å². The van der Waals surface area contributed by atoms with E-state index in [9.17, 15) is 4.79 Å². The molecule has 0 spiro atoms. The van der Waals surface area contributed by atoms with Gasteiger partial charge in [-0.25, -0.2) is 9.97 Å². The lowest BCUT2D eigenvalue weighted by Gasteiger charge is -2.11. The molecule has 7 heteroatoms. The minimum atomic E-state index is -0.0802. The Morgan fingerprint density at radius 2 is 1.84 bits per heavy atom. The summed E-state index contributed by atoms with van der Waals surface area (Å²) in [5, 5.41) is 7.90. The van der Waals surface area contributed by atoms with E-state index in [1.54, 1.807) is 17.7 Å². The lowest BCUT2D eigenvalue weighted by molar-refractivity contribution is -0.115. The summed E-state index contributed by atoms with van der Waals surface area (Å²) in [4.78, 5) is 23.5. The molecule has 0 radical (unpaired) electrons. The summed E-state index contributed by atoms with van der Waals surface area (Å²) >= 11 is 7.79. The number of amides is 1. The van der Waals surface area contributed by atoms with Crippen LogP contribution in [0.3, 0.4) is 0 Å². The maximum Gasteiger partial charge on any atom is 0.226 e. The number of aromatic nitrogens is 2. The van der Waals surface area contributed by atoms with E-state index in [0.29, 0.717) is 18.0 Å². The van der Waals surface area contributed by atoms with Gasteiger partial charge in [0.15, 0.2) is 0 Å². The fourth-order valence-electron chi connectivity index (χ4n) is 3.50. The zero-order chi connectivity index (χ0) is 22.0. The summed E-state index contributed by atoms with van der Waals surface area (Å²) in [6.07, 6.45) is 1.87. The number of thiophene rings is 1. The van der Waals surface area contributed by atoms with E-state index >= 15 is 0 Å². The van der Waals surface area contributed by atoms with Crippen LogP contribution in [0.15, 0.2) is 48.8 Å². The summed E-state index contributed by atoms with van der Waals surface area (Å²) in [6, 6.07) is 14.0. The van der Waals surface area contributed by atoms with Gasteiger partial charge in [-0.2, -0.15) is 0 Å². The van der Waals surface area contributed by atoms with Crippen molar-refractivity contribution in [1.82, 2.24) is 9.97 Å². The number of fused-ring (bicyclic) bond motifs is 1. The van der Waals surface area contributed by atoms with Crippen LogP contribution in [0.4, 0.5) is 11.5 Å². The van der Waals surface area contributed by atoms with Crippen LogP contribution in [0.25, 0.3) is 21.3 Å². The van der Waals surface area contributed by atoms with Gasteiger partial charge in [-0.3, -0.25) is 4.79 Å². The molecular formula is C24H23ClN4OS. The monoisotopic (exact) mass is 450 g/mol. The minimum absolute atomic E-state index is 0.0802. The molecular weight excluding hydrogens is 428 g/mol. The standard InChI is InChI=1S/C24H23ClN4OS/c1-14-7-9-17(10-8-14)21-16(3)31-24-22(21)23(27-13-28-24)26-12-11-20(30)29-19-6-4-5-18(25)15(19)2/h4-10,13H,11-12H2,1-3H3,(H,29,30)(H,26,27,28). The summed E-state index contributed by atoms with van der Waals surface area (Å²) < 4.78 is 0. The first-order chi connectivity index (χ1) is 14.9. The van der Waals surface area contributed by atoms with E-state index in [2.05, 4.69) is 58.7 Å². The average Bonchev–Trinajstić information content (AvgIpc) is 3.09. The molecule has 4 rings (SSSR count). The zero-order valence-corrected chi connectivity index (χ0v) is 19.2. The number of nitrogens with one attached hydrogen (secondary N) is 2. The van der Waals surface area contributed by atoms with E-state index < -0.39 is 0 Å². The normalized spacial score (nSPS) is 11.0. The Bertz CT molecular complexity index is 1250. The molecule has 2 aromatic carbocycles. The van der Waals surface area contributed by atoms with Gasteiger partial charge < -0.3 is 10.6 Å². The van der Waals surface area contributed by atoms with Crippen molar-refractivity contribution in [3.05, 3.63) is 69.8 Å². The molecule has 5 nitrogen and oxygen atoms in total. The fourth-order valence-corrected chi connectivity index (χ4v) is 4.68. The largest absolute Gasteiger partial charge is 0.369 e. The van der Waals surface area contributed by atoms with Gasteiger partial charge in [0.2, 0.25) is 5.91 Å². The number of rotatable bonds is 6. The highest BCUT2D eigenvalue weighted by molar-refractivity contribution is 7.19. The van der Waals surface area contributed by atoms with E-state index in [4.69, 9.17) is 11.6 Å². The Morgan fingerprint density at radius 1 is 1.06 bits per heavy atom. The quantitative estimate of drug-likeness (QED) is 0.357. The number of halogens is 1. The number of benzene rings is 2. The van der Waals surface area contributed by atoms with Gasteiger partial charge in [0.05, 0.1) is 5.39 Å². The van der Waals surface area contributed by atoms with Crippen molar-refractivity contribution in [2.45, 2.75) is 27.2 Å².